The standard InChI is InChI=1S/C16H11NO4/c1-2-7-20-16(18)15-13(6-8-19-15)11-21-14-5-3-4-12(9-14)10-17/h1,3-6,8-9H,7,11H2. The van der Waals surface area contributed by atoms with Crippen molar-refractivity contribution in [1.82, 2.24) is 0 Å². The van der Waals surface area contributed by atoms with Gasteiger partial charge in [0, 0.05) is 5.56 Å². The summed E-state index contributed by atoms with van der Waals surface area (Å²) in [7, 11) is 0. The molecule has 21 heavy (non-hydrogen) atoms. The van der Waals surface area contributed by atoms with E-state index in [1.807, 2.05) is 6.07 Å². The lowest BCUT2D eigenvalue weighted by atomic mass is 10.2. The Labute approximate surface area is 121 Å². The lowest BCUT2D eigenvalue weighted by molar-refractivity contribution is 0.0516. The molecule has 0 fully saturated rings. The van der Waals surface area contributed by atoms with E-state index in [1.165, 1.54) is 6.26 Å². The van der Waals surface area contributed by atoms with Gasteiger partial charge in [-0.3, -0.25) is 0 Å². The maximum atomic E-state index is 11.7. The third-order valence-corrected chi connectivity index (χ3v) is 2.58. The molecule has 1 aromatic heterocycles. The molecule has 0 unspecified atom stereocenters. The van der Waals surface area contributed by atoms with Crippen LogP contribution in [0.3, 0.4) is 0 Å². The topological polar surface area (TPSA) is 72.5 Å². The van der Waals surface area contributed by atoms with Crippen molar-refractivity contribution in [3.8, 4) is 24.2 Å². The molecule has 1 heterocycles. The molecule has 0 spiro atoms. The van der Waals surface area contributed by atoms with Crippen LogP contribution >= 0.6 is 0 Å². The summed E-state index contributed by atoms with van der Waals surface area (Å²) in [5, 5.41) is 8.82. The minimum atomic E-state index is -0.637. The Kier molecular flexibility index (Phi) is 4.63. The van der Waals surface area contributed by atoms with Crippen molar-refractivity contribution in [1.29, 1.82) is 5.26 Å². The van der Waals surface area contributed by atoms with E-state index >= 15 is 0 Å². The molecular weight excluding hydrogens is 270 g/mol. The van der Waals surface area contributed by atoms with E-state index in [4.69, 9.17) is 25.6 Å². The summed E-state index contributed by atoms with van der Waals surface area (Å²) >= 11 is 0. The van der Waals surface area contributed by atoms with Gasteiger partial charge in [0.15, 0.2) is 6.61 Å². The van der Waals surface area contributed by atoms with E-state index in [0.717, 1.165) is 0 Å². The van der Waals surface area contributed by atoms with Crippen LogP contribution in [0.15, 0.2) is 41.0 Å². The van der Waals surface area contributed by atoms with Gasteiger partial charge in [-0.2, -0.15) is 5.26 Å². The summed E-state index contributed by atoms with van der Waals surface area (Å²) in [6.45, 7) is -0.00405. The first-order valence-corrected chi connectivity index (χ1v) is 6.04. The molecule has 5 nitrogen and oxygen atoms in total. The molecule has 0 atom stereocenters. The van der Waals surface area contributed by atoms with Crippen LogP contribution in [0.25, 0.3) is 0 Å². The molecule has 2 aromatic rings. The van der Waals surface area contributed by atoms with Crippen molar-refractivity contribution in [3.05, 3.63) is 53.5 Å². The van der Waals surface area contributed by atoms with Gasteiger partial charge in [0.25, 0.3) is 0 Å². The monoisotopic (exact) mass is 281 g/mol. The van der Waals surface area contributed by atoms with E-state index in [2.05, 4.69) is 5.92 Å². The van der Waals surface area contributed by atoms with Gasteiger partial charge >= 0.3 is 5.97 Å². The van der Waals surface area contributed by atoms with Crippen LogP contribution in [0, 0.1) is 23.7 Å². The Bertz CT molecular complexity index is 718. The molecule has 5 heteroatoms. The summed E-state index contributed by atoms with van der Waals surface area (Å²) in [5.41, 5.74) is 1.03. The van der Waals surface area contributed by atoms with Crippen molar-refractivity contribution < 1.29 is 18.7 Å². The predicted molar refractivity (Wildman–Crippen MR) is 73.3 cm³/mol. The zero-order valence-electron chi connectivity index (χ0n) is 11.0. The summed E-state index contributed by atoms with van der Waals surface area (Å²) in [5.74, 6) is 2.15. The van der Waals surface area contributed by atoms with Gasteiger partial charge in [0.05, 0.1) is 17.9 Å². The van der Waals surface area contributed by atoms with E-state index in [9.17, 15) is 4.79 Å². The van der Waals surface area contributed by atoms with Gasteiger partial charge in [-0.25, -0.2) is 4.79 Å². The van der Waals surface area contributed by atoms with Crippen molar-refractivity contribution in [3.63, 3.8) is 0 Å². The first-order chi connectivity index (χ1) is 10.2. The number of ether oxygens (including phenoxy) is 2. The Morgan fingerprint density at radius 3 is 3.00 bits per heavy atom. The first-order valence-electron chi connectivity index (χ1n) is 6.04. The molecule has 1 aromatic carbocycles. The SMILES string of the molecule is C#CCOC(=O)c1occc1COc1cccc(C#N)c1. The molecule has 0 aliphatic carbocycles. The number of esters is 1. The Balaban J connectivity index is 2.04. The van der Waals surface area contributed by atoms with Crippen LogP contribution in [0.5, 0.6) is 5.75 Å². The van der Waals surface area contributed by atoms with Gasteiger partial charge in [0.1, 0.15) is 12.4 Å². The second-order valence-electron chi connectivity index (χ2n) is 3.98. The number of furan rings is 1. The fourth-order valence-electron chi connectivity index (χ4n) is 1.62. The fraction of sp³-hybridized carbons (Fsp3) is 0.125. The molecule has 0 saturated heterocycles. The van der Waals surface area contributed by atoms with Crippen LogP contribution in [-0.2, 0) is 11.3 Å². The maximum Gasteiger partial charge on any atom is 0.375 e. The smallest absolute Gasteiger partial charge is 0.375 e. The number of nitriles is 1. The molecule has 0 radical (unpaired) electrons. The molecule has 0 amide bonds. The lowest BCUT2D eigenvalue weighted by Gasteiger charge is -2.06. The highest BCUT2D eigenvalue weighted by atomic mass is 16.5. The third kappa shape index (κ3) is 3.65. The molecular formula is C16H11NO4. The minimum Gasteiger partial charge on any atom is -0.489 e. The largest absolute Gasteiger partial charge is 0.489 e. The van der Waals surface area contributed by atoms with Crippen LogP contribution in [0.2, 0.25) is 0 Å². The number of benzene rings is 1. The number of hydrogen-bond acceptors (Lipinski definition) is 5. The summed E-state index contributed by atoms with van der Waals surface area (Å²) in [6, 6.07) is 10.3. The zero-order valence-corrected chi connectivity index (χ0v) is 11.0. The average Bonchev–Trinajstić information content (AvgIpc) is 2.99. The average molecular weight is 281 g/mol. The summed E-state index contributed by atoms with van der Waals surface area (Å²) < 4.78 is 15.4. The van der Waals surface area contributed by atoms with Gasteiger partial charge in [-0.15, -0.1) is 6.42 Å². The normalized spacial score (nSPS) is 9.43. The van der Waals surface area contributed by atoms with Crippen molar-refractivity contribution in [2.75, 3.05) is 6.61 Å². The van der Waals surface area contributed by atoms with Crippen LogP contribution in [0.4, 0.5) is 0 Å². The molecule has 104 valence electrons. The second kappa shape index (κ2) is 6.83. The highest BCUT2D eigenvalue weighted by molar-refractivity contribution is 5.88. The molecule has 2 rings (SSSR count). The summed E-state index contributed by atoms with van der Waals surface area (Å²) in [4.78, 5) is 11.7. The quantitative estimate of drug-likeness (QED) is 0.622. The number of terminal acetylenes is 1. The zero-order chi connectivity index (χ0) is 15.1. The highest BCUT2D eigenvalue weighted by Crippen LogP contribution is 2.18. The second-order valence-corrected chi connectivity index (χ2v) is 3.98. The molecule has 0 aliphatic heterocycles. The molecule has 0 saturated carbocycles. The lowest BCUT2D eigenvalue weighted by Crippen LogP contribution is -2.08. The van der Waals surface area contributed by atoms with Crippen LogP contribution in [0.1, 0.15) is 21.7 Å². The van der Waals surface area contributed by atoms with Crippen LogP contribution in [-0.4, -0.2) is 12.6 Å². The summed E-state index contributed by atoms with van der Waals surface area (Å²) in [6.07, 6.45) is 6.39. The molecule has 0 N–H and O–H groups in total. The Morgan fingerprint density at radius 2 is 2.24 bits per heavy atom. The Morgan fingerprint density at radius 1 is 1.38 bits per heavy atom. The van der Waals surface area contributed by atoms with Gasteiger partial charge in [-0.05, 0) is 24.3 Å². The van der Waals surface area contributed by atoms with Gasteiger partial charge < -0.3 is 13.9 Å². The number of rotatable bonds is 5. The molecule has 0 aliphatic rings. The van der Waals surface area contributed by atoms with E-state index < -0.39 is 5.97 Å². The van der Waals surface area contributed by atoms with Crippen molar-refractivity contribution in [2.45, 2.75) is 6.61 Å². The van der Waals surface area contributed by atoms with Crippen LogP contribution < -0.4 is 4.74 Å². The third-order valence-electron chi connectivity index (χ3n) is 2.58. The maximum absolute atomic E-state index is 11.7. The van der Waals surface area contributed by atoms with E-state index in [1.54, 1.807) is 30.3 Å². The number of carbonyl (C=O) groups excluding carboxylic acids is 1. The highest BCUT2D eigenvalue weighted by Gasteiger charge is 2.17. The number of carbonyl (C=O) groups is 1. The van der Waals surface area contributed by atoms with Crippen molar-refractivity contribution >= 4 is 5.97 Å². The fourth-order valence-corrected chi connectivity index (χ4v) is 1.62. The Hall–Kier alpha value is -3.18. The minimum absolute atomic E-state index is 0.0571. The predicted octanol–water partition coefficient (Wildman–Crippen LogP) is 2.52. The van der Waals surface area contributed by atoms with Gasteiger partial charge in [-0.1, -0.05) is 12.0 Å². The van der Waals surface area contributed by atoms with Crippen molar-refractivity contribution in [2.24, 2.45) is 0 Å². The molecule has 0 bridgehead atoms. The number of hydrogen-bond donors (Lipinski definition) is 0. The van der Waals surface area contributed by atoms with E-state index in [0.29, 0.717) is 16.9 Å². The van der Waals surface area contributed by atoms with Gasteiger partial charge in [0.2, 0.25) is 5.76 Å². The van der Waals surface area contributed by atoms with E-state index in [-0.39, 0.29) is 19.0 Å². The first kappa shape index (κ1) is 14.2. The number of nitrogens with zero attached hydrogens (tertiary/aromatic N) is 1.